The number of carbonyl (C=O) groups excluding carboxylic acids is 2. The number of hydrogen-bond acceptors (Lipinski definition) is 3. The minimum Gasteiger partial charge on any atom is -0.329 e. The van der Waals surface area contributed by atoms with Crippen molar-refractivity contribution in [1.29, 1.82) is 0 Å². The molecule has 1 fully saturated rings. The molecule has 1 unspecified atom stereocenters. The Morgan fingerprint density at radius 2 is 2.33 bits per heavy atom. The molecule has 5 heteroatoms. The fraction of sp³-hybridized carbons (Fsp3) is 0.714. The molecule has 2 N–H and O–H groups in total. The van der Waals surface area contributed by atoms with Gasteiger partial charge in [-0.25, -0.2) is 4.79 Å². The Morgan fingerprint density at radius 1 is 1.67 bits per heavy atom. The fourth-order valence-electron chi connectivity index (χ4n) is 1.27. The lowest BCUT2D eigenvalue weighted by Crippen LogP contribution is -2.43. The summed E-state index contributed by atoms with van der Waals surface area (Å²) in [5.41, 5.74) is 0. The van der Waals surface area contributed by atoms with E-state index >= 15 is 0 Å². The molecule has 0 aromatic carbocycles. The number of nitrogens with one attached hydrogen (secondary N) is 2. The maximum absolute atomic E-state index is 11.1. The molecule has 1 aliphatic rings. The Kier molecular flexibility index (Phi) is 2.65. The van der Waals surface area contributed by atoms with Crippen LogP contribution < -0.4 is 10.6 Å². The van der Waals surface area contributed by atoms with E-state index in [4.69, 9.17) is 0 Å². The number of nitrogens with zero attached hydrogens (tertiary/aromatic N) is 1. The molecule has 0 saturated carbocycles. The molecule has 5 nitrogen and oxygen atoms in total. The maximum Gasteiger partial charge on any atom is 0.324 e. The Morgan fingerprint density at radius 3 is 2.75 bits per heavy atom. The second-order valence-corrected chi connectivity index (χ2v) is 2.83. The van der Waals surface area contributed by atoms with Gasteiger partial charge in [-0.15, -0.1) is 0 Å². The van der Waals surface area contributed by atoms with Crippen molar-refractivity contribution in [1.82, 2.24) is 15.5 Å². The van der Waals surface area contributed by atoms with Crippen LogP contribution in [0.25, 0.3) is 0 Å². The largest absolute Gasteiger partial charge is 0.329 e. The summed E-state index contributed by atoms with van der Waals surface area (Å²) in [7, 11) is 1.79. The third-order valence-corrected chi connectivity index (χ3v) is 1.82. The molecule has 0 radical (unpaired) electrons. The lowest BCUT2D eigenvalue weighted by molar-refractivity contribution is -0.126. The quantitative estimate of drug-likeness (QED) is 0.543. The summed E-state index contributed by atoms with van der Waals surface area (Å²) in [6.45, 7) is 2.59. The Bertz CT molecular complexity index is 189. The van der Waals surface area contributed by atoms with Gasteiger partial charge in [-0.2, -0.15) is 0 Å². The monoisotopic (exact) mass is 171 g/mol. The zero-order valence-electron chi connectivity index (χ0n) is 7.26. The Hall–Kier alpha value is -1.10. The summed E-state index contributed by atoms with van der Waals surface area (Å²) in [5, 5.41) is 5.38. The molecular formula is C7H13N3O2. The first-order valence-corrected chi connectivity index (χ1v) is 3.91. The van der Waals surface area contributed by atoms with E-state index in [9.17, 15) is 9.59 Å². The number of rotatable bonds is 3. The summed E-state index contributed by atoms with van der Waals surface area (Å²) in [4.78, 5) is 23.4. The molecule has 1 rings (SSSR count). The van der Waals surface area contributed by atoms with Crippen LogP contribution in [0.15, 0.2) is 0 Å². The van der Waals surface area contributed by atoms with Crippen LogP contribution in [0.3, 0.4) is 0 Å². The van der Waals surface area contributed by atoms with E-state index in [2.05, 4.69) is 10.6 Å². The van der Waals surface area contributed by atoms with Gasteiger partial charge in [0, 0.05) is 6.54 Å². The van der Waals surface area contributed by atoms with Crippen LogP contribution in [0.4, 0.5) is 4.79 Å². The third kappa shape index (κ3) is 1.55. The van der Waals surface area contributed by atoms with Gasteiger partial charge in [-0.05, 0) is 14.0 Å². The van der Waals surface area contributed by atoms with Crippen LogP contribution in [-0.2, 0) is 4.79 Å². The summed E-state index contributed by atoms with van der Waals surface area (Å²) < 4.78 is 0. The van der Waals surface area contributed by atoms with E-state index in [1.165, 1.54) is 4.90 Å². The highest BCUT2D eigenvalue weighted by Gasteiger charge is 2.31. The van der Waals surface area contributed by atoms with Crippen LogP contribution in [-0.4, -0.2) is 43.0 Å². The van der Waals surface area contributed by atoms with E-state index in [-0.39, 0.29) is 24.5 Å². The SMILES string of the molecule is CNCC(C)N1C(=O)CNC1=O. The number of amides is 3. The van der Waals surface area contributed by atoms with E-state index in [1.54, 1.807) is 7.05 Å². The van der Waals surface area contributed by atoms with Gasteiger partial charge < -0.3 is 10.6 Å². The van der Waals surface area contributed by atoms with Crippen molar-refractivity contribution >= 4 is 11.9 Å². The minimum absolute atomic E-state index is 0.0787. The summed E-state index contributed by atoms with van der Waals surface area (Å²) in [5.74, 6) is -0.150. The Labute approximate surface area is 71.1 Å². The molecule has 0 spiro atoms. The van der Waals surface area contributed by atoms with Crippen LogP contribution in [0.1, 0.15) is 6.92 Å². The normalized spacial score (nSPS) is 19.7. The van der Waals surface area contributed by atoms with Gasteiger partial charge in [-0.3, -0.25) is 9.69 Å². The number of imide groups is 1. The molecule has 68 valence electrons. The van der Waals surface area contributed by atoms with Crippen molar-refractivity contribution in [3.8, 4) is 0 Å². The number of urea groups is 1. The standard InChI is InChI=1S/C7H13N3O2/c1-5(3-8-2)10-6(11)4-9-7(10)12/h5,8H,3-4H2,1-2H3,(H,9,12). The lowest BCUT2D eigenvalue weighted by Gasteiger charge is -2.20. The van der Waals surface area contributed by atoms with E-state index in [0.717, 1.165) is 0 Å². The van der Waals surface area contributed by atoms with Crippen LogP contribution >= 0.6 is 0 Å². The lowest BCUT2D eigenvalue weighted by atomic mass is 10.3. The first-order chi connectivity index (χ1) is 5.66. The molecular weight excluding hydrogens is 158 g/mol. The van der Waals surface area contributed by atoms with Gasteiger partial charge in [0.2, 0.25) is 5.91 Å². The number of carbonyl (C=O) groups is 2. The first-order valence-electron chi connectivity index (χ1n) is 3.91. The second kappa shape index (κ2) is 3.53. The number of likely N-dealkylation sites (N-methyl/N-ethyl adjacent to an activating group) is 1. The minimum atomic E-state index is -0.289. The summed E-state index contributed by atoms with van der Waals surface area (Å²) >= 11 is 0. The smallest absolute Gasteiger partial charge is 0.324 e. The van der Waals surface area contributed by atoms with E-state index in [1.807, 2.05) is 6.92 Å². The predicted octanol–water partition coefficient (Wildman–Crippen LogP) is -0.854. The molecule has 12 heavy (non-hydrogen) atoms. The van der Waals surface area contributed by atoms with Crippen molar-refractivity contribution in [3.63, 3.8) is 0 Å². The third-order valence-electron chi connectivity index (χ3n) is 1.82. The second-order valence-electron chi connectivity index (χ2n) is 2.83. The van der Waals surface area contributed by atoms with Gasteiger partial charge in [0.25, 0.3) is 0 Å². The highest BCUT2D eigenvalue weighted by atomic mass is 16.2. The van der Waals surface area contributed by atoms with Crippen LogP contribution in [0.5, 0.6) is 0 Å². The molecule has 1 atom stereocenters. The summed E-state index contributed by atoms with van der Waals surface area (Å²) in [6, 6.07) is -0.368. The molecule has 1 aliphatic heterocycles. The van der Waals surface area contributed by atoms with Crippen LogP contribution in [0.2, 0.25) is 0 Å². The molecule has 0 bridgehead atoms. The average Bonchev–Trinajstić information content (AvgIpc) is 2.32. The van der Waals surface area contributed by atoms with Gasteiger partial charge in [0.05, 0.1) is 12.6 Å². The zero-order chi connectivity index (χ0) is 9.14. The van der Waals surface area contributed by atoms with Gasteiger partial charge >= 0.3 is 6.03 Å². The first kappa shape index (κ1) is 8.99. The Balaban J connectivity index is 2.59. The van der Waals surface area contributed by atoms with Crippen molar-refractivity contribution in [2.75, 3.05) is 20.1 Å². The summed E-state index contributed by atoms with van der Waals surface area (Å²) in [6.07, 6.45) is 0. The number of hydrogen-bond donors (Lipinski definition) is 2. The van der Waals surface area contributed by atoms with Gasteiger partial charge in [0.15, 0.2) is 0 Å². The van der Waals surface area contributed by atoms with Crippen molar-refractivity contribution < 1.29 is 9.59 Å². The predicted molar refractivity (Wildman–Crippen MR) is 43.6 cm³/mol. The van der Waals surface area contributed by atoms with Gasteiger partial charge in [-0.1, -0.05) is 0 Å². The van der Waals surface area contributed by atoms with E-state index in [0.29, 0.717) is 6.54 Å². The molecule has 1 saturated heterocycles. The van der Waals surface area contributed by atoms with E-state index < -0.39 is 0 Å². The highest BCUT2D eigenvalue weighted by Crippen LogP contribution is 2.04. The zero-order valence-corrected chi connectivity index (χ0v) is 7.26. The van der Waals surface area contributed by atoms with Crippen molar-refractivity contribution in [2.24, 2.45) is 0 Å². The van der Waals surface area contributed by atoms with Crippen molar-refractivity contribution in [3.05, 3.63) is 0 Å². The van der Waals surface area contributed by atoms with Crippen molar-refractivity contribution in [2.45, 2.75) is 13.0 Å². The molecule has 0 aromatic heterocycles. The van der Waals surface area contributed by atoms with Gasteiger partial charge in [0.1, 0.15) is 0 Å². The molecule has 0 aliphatic carbocycles. The molecule has 1 heterocycles. The fourth-order valence-corrected chi connectivity index (χ4v) is 1.27. The van der Waals surface area contributed by atoms with Crippen LogP contribution in [0, 0.1) is 0 Å². The topological polar surface area (TPSA) is 61.4 Å². The molecule has 3 amide bonds. The highest BCUT2D eigenvalue weighted by molar-refractivity contribution is 6.02. The molecule has 0 aromatic rings. The average molecular weight is 171 g/mol. The maximum atomic E-state index is 11.1.